The molecule has 3 heterocycles. The number of hydrogen-bond donors (Lipinski definition) is 1. The molecule has 32 heavy (non-hydrogen) atoms. The Hall–Kier alpha value is -3.77. The lowest BCUT2D eigenvalue weighted by atomic mass is 10.1. The van der Waals surface area contributed by atoms with Gasteiger partial charge in [-0.2, -0.15) is 15.0 Å². The topological polar surface area (TPSA) is 113 Å². The van der Waals surface area contributed by atoms with Gasteiger partial charge in [-0.3, -0.25) is 9.59 Å². The number of methoxy groups -OCH3 is 1. The molecule has 1 saturated heterocycles. The first-order valence-corrected chi connectivity index (χ1v) is 10.4. The van der Waals surface area contributed by atoms with Crippen molar-refractivity contribution in [2.45, 2.75) is 20.3 Å². The van der Waals surface area contributed by atoms with Gasteiger partial charge in [0.1, 0.15) is 11.6 Å². The van der Waals surface area contributed by atoms with E-state index in [0.29, 0.717) is 25.5 Å². The number of nitrogens with one attached hydrogen (secondary N) is 1. The molecule has 0 spiro atoms. The van der Waals surface area contributed by atoms with Gasteiger partial charge in [0, 0.05) is 32.0 Å². The lowest BCUT2D eigenvalue weighted by molar-refractivity contribution is -0.128. The van der Waals surface area contributed by atoms with Gasteiger partial charge >= 0.3 is 0 Å². The predicted molar refractivity (Wildman–Crippen MR) is 118 cm³/mol. The quantitative estimate of drug-likeness (QED) is 0.640. The molecule has 0 saturated carbocycles. The third-order valence-corrected chi connectivity index (χ3v) is 5.73. The Morgan fingerprint density at radius 3 is 2.91 bits per heavy atom. The minimum absolute atomic E-state index is 0.0847. The molecule has 164 valence electrons. The third kappa shape index (κ3) is 3.92. The Morgan fingerprint density at radius 1 is 1.34 bits per heavy atom. The molecule has 1 N–H and O–H groups in total. The van der Waals surface area contributed by atoms with Crippen LogP contribution in [0.25, 0.3) is 16.7 Å². The minimum Gasteiger partial charge on any atom is -0.383 e. The van der Waals surface area contributed by atoms with Crippen LogP contribution in [0.15, 0.2) is 30.5 Å². The molecule has 1 fully saturated rings. The highest BCUT2D eigenvalue weighted by Crippen LogP contribution is 2.26. The molecule has 1 unspecified atom stereocenters. The highest BCUT2D eigenvalue weighted by molar-refractivity contribution is 5.97. The molecule has 2 aromatic heterocycles. The molecule has 1 atom stereocenters. The number of carbonyl (C=O) groups excluding carboxylic acids is 2. The van der Waals surface area contributed by atoms with E-state index in [1.807, 2.05) is 38.1 Å². The van der Waals surface area contributed by atoms with Crippen LogP contribution >= 0.6 is 0 Å². The summed E-state index contributed by atoms with van der Waals surface area (Å²) in [7, 11) is 1.57. The van der Waals surface area contributed by atoms with Crippen LogP contribution in [-0.4, -0.2) is 58.3 Å². The van der Waals surface area contributed by atoms with Crippen molar-refractivity contribution >= 4 is 28.5 Å². The first-order valence-electron chi connectivity index (χ1n) is 10.4. The third-order valence-electron chi connectivity index (χ3n) is 5.73. The van der Waals surface area contributed by atoms with Crippen LogP contribution in [0.3, 0.4) is 0 Å². The summed E-state index contributed by atoms with van der Waals surface area (Å²) < 4.78 is 6.49. The Morgan fingerprint density at radius 2 is 2.16 bits per heavy atom. The van der Waals surface area contributed by atoms with Gasteiger partial charge in [-0.05, 0) is 31.0 Å². The first-order chi connectivity index (χ1) is 15.4. The molecule has 0 aliphatic carbocycles. The Kier molecular flexibility index (Phi) is 5.88. The number of para-hydroxylation sites is 1. The molecule has 1 aliphatic rings. The summed E-state index contributed by atoms with van der Waals surface area (Å²) >= 11 is 0. The number of carbonyl (C=O) groups is 2. The molecule has 9 nitrogen and oxygen atoms in total. The summed E-state index contributed by atoms with van der Waals surface area (Å²) in [6.45, 7) is 5.14. The van der Waals surface area contributed by atoms with Gasteiger partial charge in [0.05, 0.1) is 24.2 Å². The van der Waals surface area contributed by atoms with Crippen LogP contribution in [0.4, 0.5) is 5.82 Å². The van der Waals surface area contributed by atoms with Crippen molar-refractivity contribution in [3.63, 3.8) is 0 Å². The van der Waals surface area contributed by atoms with Crippen molar-refractivity contribution in [3.8, 4) is 11.9 Å². The SMILES string of the molecule is COCCN1CC(C(=O)Nc2c(C#N)cnn2-c2cc(C)c3cccc(C)c3n2)CC1=O. The largest absolute Gasteiger partial charge is 0.383 e. The summed E-state index contributed by atoms with van der Waals surface area (Å²) in [6.07, 6.45) is 1.53. The standard InChI is InChI=1S/C23H24N6O3/c1-14-5-4-6-18-15(2)9-19(26-21(14)18)29-22(17(11-24)12-25-29)27-23(31)16-10-20(30)28(13-16)7-8-32-3/h4-6,9,12,16H,7-8,10,13H2,1-3H3,(H,27,31). The zero-order valence-corrected chi connectivity index (χ0v) is 18.3. The monoisotopic (exact) mass is 432 g/mol. The number of hydrogen-bond acceptors (Lipinski definition) is 6. The van der Waals surface area contributed by atoms with Crippen molar-refractivity contribution in [3.05, 3.63) is 47.2 Å². The highest BCUT2D eigenvalue weighted by Gasteiger charge is 2.34. The second-order valence-corrected chi connectivity index (χ2v) is 7.92. The summed E-state index contributed by atoms with van der Waals surface area (Å²) in [4.78, 5) is 31.5. The molecular formula is C23H24N6O3. The Labute approximate surface area is 185 Å². The van der Waals surface area contributed by atoms with Crippen molar-refractivity contribution in [2.24, 2.45) is 5.92 Å². The first kappa shape index (κ1) is 21.5. The second kappa shape index (κ2) is 8.77. The van der Waals surface area contributed by atoms with Crippen molar-refractivity contribution in [2.75, 3.05) is 32.1 Å². The van der Waals surface area contributed by atoms with Crippen molar-refractivity contribution in [1.29, 1.82) is 5.26 Å². The van der Waals surface area contributed by atoms with Crippen LogP contribution < -0.4 is 5.32 Å². The van der Waals surface area contributed by atoms with Crippen LogP contribution in [-0.2, 0) is 14.3 Å². The number of nitriles is 1. The van der Waals surface area contributed by atoms with E-state index < -0.39 is 5.92 Å². The lowest BCUT2D eigenvalue weighted by Gasteiger charge is -2.16. The number of nitrogens with zero attached hydrogens (tertiary/aromatic N) is 5. The smallest absolute Gasteiger partial charge is 0.230 e. The number of likely N-dealkylation sites (tertiary alicyclic amines) is 1. The van der Waals surface area contributed by atoms with Crippen LogP contribution in [0.2, 0.25) is 0 Å². The van der Waals surface area contributed by atoms with Gasteiger partial charge in [0.15, 0.2) is 11.6 Å². The van der Waals surface area contributed by atoms with Crippen molar-refractivity contribution < 1.29 is 14.3 Å². The number of aryl methyl sites for hydroxylation is 2. The average molecular weight is 432 g/mol. The van der Waals surface area contributed by atoms with E-state index in [1.165, 1.54) is 10.9 Å². The fraction of sp³-hybridized carbons (Fsp3) is 0.348. The van der Waals surface area contributed by atoms with Crippen molar-refractivity contribution in [1.82, 2.24) is 19.7 Å². The predicted octanol–water partition coefficient (Wildman–Crippen LogP) is 2.34. The Bertz CT molecular complexity index is 1240. The van der Waals surface area contributed by atoms with Gasteiger partial charge in [0.25, 0.3) is 0 Å². The number of ether oxygens (including phenoxy) is 1. The number of aromatic nitrogens is 3. The normalized spacial score (nSPS) is 15.9. The molecule has 1 aromatic carbocycles. The molecule has 4 rings (SSSR count). The summed E-state index contributed by atoms with van der Waals surface area (Å²) in [5.41, 5.74) is 3.09. The fourth-order valence-electron chi connectivity index (χ4n) is 3.96. The minimum atomic E-state index is -0.511. The number of benzene rings is 1. The Balaban J connectivity index is 1.65. The summed E-state index contributed by atoms with van der Waals surface area (Å²) in [5, 5.41) is 17.7. The summed E-state index contributed by atoms with van der Waals surface area (Å²) in [5.74, 6) is -0.169. The second-order valence-electron chi connectivity index (χ2n) is 7.92. The van der Waals surface area contributed by atoms with Crippen LogP contribution in [0.5, 0.6) is 0 Å². The fourth-order valence-corrected chi connectivity index (χ4v) is 3.96. The number of rotatable bonds is 6. The maximum Gasteiger partial charge on any atom is 0.230 e. The molecule has 3 aromatic rings. The van der Waals surface area contributed by atoms with Gasteiger partial charge < -0.3 is 15.0 Å². The van der Waals surface area contributed by atoms with Gasteiger partial charge in [0.2, 0.25) is 11.8 Å². The van der Waals surface area contributed by atoms with Crippen LogP contribution in [0.1, 0.15) is 23.1 Å². The zero-order chi connectivity index (χ0) is 22.8. The maximum atomic E-state index is 13.0. The van der Waals surface area contributed by atoms with Gasteiger partial charge in [-0.1, -0.05) is 18.2 Å². The number of pyridine rings is 1. The zero-order valence-electron chi connectivity index (χ0n) is 18.3. The van der Waals surface area contributed by atoms with E-state index in [-0.39, 0.29) is 29.6 Å². The van der Waals surface area contributed by atoms with E-state index in [0.717, 1.165) is 22.0 Å². The highest BCUT2D eigenvalue weighted by atomic mass is 16.5. The van der Waals surface area contributed by atoms with E-state index >= 15 is 0 Å². The average Bonchev–Trinajstić information content (AvgIpc) is 3.35. The number of amides is 2. The number of fused-ring (bicyclic) bond motifs is 1. The molecule has 9 heteroatoms. The maximum absolute atomic E-state index is 13.0. The molecule has 0 radical (unpaired) electrons. The van der Waals surface area contributed by atoms with E-state index in [2.05, 4.69) is 16.5 Å². The van der Waals surface area contributed by atoms with E-state index in [1.54, 1.807) is 12.0 Å². The molecule has 1 aliphatic heterocycles. The number of anilines is 1. The molecular weight excluding hydrogens is 408 g/mol. The van der Waals surface area contributed by atoms with Crippen LogP contribution in [0, 0.1) is 31.1 Å². The van der Waals surface area contributed by atoms with E-state index in [4.69, 9.17) is 9.72 Å². The summed E-state index contributed by atoms with van der Waals surface area (Å²) in [6, 6.07) is 9.92. The molecule has 0 bridgehead atoms. The van der Waals surface area contributed by atoms with Gasteiger partial charge in [-0.15, -0.1) is 0 Å². The van der Waals surface area contributed by atoms with Gasteiger partial charge in [-0.25, -0.2) is 4.98 Å². The lowest BCUT2D eigenvalue weighted by Crippen LogP contribution is -2.31. The molecule has 2 amide bonds. The van der Waals surface area contributed by atoms with E-state index in [9.17, 15) is 14.9 Å².